The van der Waals surface area contributed by atoms with Crippen molar-refractivity contribution in [2.75, 3.05) is 27.2 Å². The van der Waals surface area contributed by atoms with Gasteiger partial charge in [0.2, 0.25) is 0 Å². The number of aromatic nitrogens is 2. The largest absolute Gasteiger partial charge is 0.490 e. The minimum Gasteiger partial charge on any atom is -0.475 e. The summed E-state index contributed by atoms with van der Waals surface area (Å²) in [6.07, 6.45) is -1.49. The number of benzene rings is 1. The second-order valence-corrected chi connectivity index (χ2v) is 8.61. The summed E-state index contributed by atoms with van der Waals surface area (Å²) in [6, 6.07) is 10.6. The number of hydrogen-bond donors (Lipinski definition) is 2. The molecule has 1 aliphatic carbocycles. The second-order valence-electron chi connectivity index (χ2n) is 8.61. The van der Waals surface area contributed by atoms with E-state index in [2.05, 4.69) is 63.8 Å². The lowest BCUT2D eigenvalue weighted by atomic mass is 10.2. The van der Waals surface area contributed by atoms with Gasteiger partial charge in [0.1, 0.15) is 5.69 Å². The first kappa shape index (κ1) is 24.6. The molecule has 1 saturated carbocycles. The highest BCUT2D eigenvalue weighted by molar-refractivity contribution is 6.10. The van der Waals surface area contributed by atoms with Gasteiger partial charge in [-0.3, -0.25) is 4.79 Å². The molecule has 0 radical (unpaired) electrons. The summed E-state index contributed by atoms with van der Waals surface area (Å²) in [5.74, 6) is -1.95. The SMILES string of the molecule is CN(C)CCCNC(=O)c1cc2c(c3ccccc3n2CC2CC2)n1C.O=C(O)C(F)(F)F. The van der Waals surface area contributed by atoms with Crippen LogP contribution in [0.25, 0.3) is 21.9 Å². The lowest BCUT2D eigenvalue weighted by molar-refractivity contribution is -0.192. The van der Waals surface area contributed by atoms with E-state index >= 15 is 0 Å². The average Bonchev–Trinajstić information content (AvgIpc) is 3.42. The van der Waals surface area contributed by atoms with Crippen molar-refractivity contribution in [3.05, 3.63) is 36.0 Å². The summed E-state index contributed by atoms with van der Waals surface area (Å²) in [6.45, 7) is 2.74. The molecular formula is C23H29F3N4O3. The molecule has 10 heteroatoms. The van der Waals surface area contributed by atoms with Gasteiger partial charge in [0.25, 0.3) is 5.91 Å². The standard InChI is InChI=1S/C21H28N4O.C2HF3O2/c1-23(2)12-6-11-22-21(26)19-13-18-20(24(19)3)16-7-4-5-8-17(16)25(18)14-15-9-10-15;3-2(4,5)1(6)7/h4-5,7-8,13,15H,6,9-12,14H2,1-3H3,(H,22,26);(H,6,7). The number of carboxylic acids is 1. The number of aryl methyl sites for hydroxylation is 1. The lowest BCUT2D eigenvalue weighted by Gasteiger charge is -2.10. The molecule has 0 unspecified atom stereocenters. The summed E-state index contributed by atoms with van der Waals surface area (Å²) < 4.78 is 36.2. The number of nitrogens with zero attached hydrogens (tertiary/aromatic N) is 3. The van der Waals surface area contributed by atoms with E-state index in [1.807, 2.05) is 7.05 Å². The van der Waals surface area contributed by atoms with Crippen LogP contribution in [0.2, 0.25) is 0 Å². The van der Waals surface area contributed by atoms with Crippen LogP contribution in [0.4, 0.5) is 13.2 Å². The summed E-state index contributed by atoms with van der Waals surface area (Å²) >= 11 is 0. The van der Waals surface area contributed by atoms with E-state index in [1.54, 1.807) is 0 Å². The fraction of sp³-hybridized carbons (Fsp3) is 0.478. The number of alkyl halides is 3. The van der Waals surface area contributed by atoms with Crippen LogP contribution in [-0.4, -0.2) is 64.4 Å². The molecule has 180 valence electrons. The lowest BCUT2D eigenvalue weighted by Crippen LogP contribution is -2.28. The van der Waals surface area contributed by atoms with Crippen molar-refractivity contribution < 1.29 is 27.9 Å². The second kappa shape index (κ2) is 9.86. The Morgan fingerprint density at radius 3 is 2.39 bits per heavy atom. The number of hydrogen-bond acceptors (Lipinski definition) is 3. The van der Waals surface area contributed by atoms with Gasteiger partial charge in [-0.15, -0.1) is 0 Å². The van der Waals surface area contributed by atoms with Crippen molar-refractivity contribution >= 4 is 33.8 Å². The third kappa shape index (κ3) is 5.87. The van der Waals surface area contributed by atoms with E-state index in [0.717, 1.165) is 31.1 Å². The van der Waals surface area contributed by atoms with Gasteiger partial charge in [-0.1, -0.05) is 18.2 Å². The van der Waals surface area contributed by atoms with Gasteiger partial charge in [-0.25, -0.2) is 4.79 Å². The van der Waals surface area contributed by atoms with Crippen LogP contribution < -0.4 is 5.32 Å². The molecule has 1 aromatic carbocycles. The number of rotatable bonds is 7. The summed E-state index contributed by atoms with van der Waals surface area (Å²) in [5.41, 5.74) is 4.37. The maximum Gasteiger partial charge on any atom is 0.490 e. The van der Waals surface area contributed by atoms with Crippen molar-refractivity contribution in [1.29, 1.82) is 0 Å². The summed E-state index contributed by atoms with van der Waals surface area (Å²) in [7, 11) is 6.11. The molecule has 0 spiro atoms. The van der Waals surface area contributed by atoms with Gasteiger partial charge in [-0.2, -0.15) is 13.2 Å². The Kier molecular flexibility index (Phi) is 7.36. The minimum absolute atomic E-state index is 0.0181. The molecule has 7 nitrogen and oxygen atoms in total. The number of carbonyl (C=O) groups is 2. The predicted molar refractivity (Wildman–Crippen MR) is 120 cm³/mol. The van der Waals surface area contributed by atoms with Crippen LogP contribution >= 0.6 is 0 Å². The Labute approximate surface area is 189 Å². The van der Waals surface area contributed by atoms with Gasteiger partial charge in [0.15, 0.2) is 0 Å². The maximum absolute atomic E-state index is 12.7. The fourth-order valence-electron chi connectivity index (χ4n) is 3.81. The Hall–Kier alpha value is -3.01. The van der Waals surface area contributed by atoms with E-state index in [4.69, 9.17) is 9.90 Å². The predicted octanol–water partition coefficient (Wildman–Crippen LogP) is 3.86. The molecule has 2 heterocycles. The van der Waals surface area contributed by atoms with Gasteiger partial charge in [0, 0.05) is 25.5 Å². The normalized spacial score (nSPS) is 13.9. The zero-order chi connectivity index (χ0) is 24.3. The topological polar surface area (TPSA) is 79.5 Å². The molecule has 2 N–H and O–H groups in total. The van der Waals surface area contributed by atoms with Crippen LogP contribution in [0, 0.1) is 5.92 Å². The van der Waals surface area contributed by atoms with Crippen LogP contribution in [0.1, 0.15) is 29.8 Å². The molecular weight excluding hydrogens is 437 g/mol. The van der Waals surface area contributed by atoms with E-state index in [-0.39, 0.29) is 5.91 Å². The maximum atomic E-state index is 12.7. The van der Waals surface area contributed by atoms with Crippen LogP contribution in [-0.2, 0) is 18.4 Å². The van der Waals surface area contributed by atoms with E-state index in [0.29, 0.717) is 6.54 Å². The number of fused-ring (bicyclic) bond motifs is 3. The molecule has 4 rings (SSSR count). The highest BCUT2D eigenvalue weighted by atomic mass is 19.4. The minimum atomic E-state index is -5.08. The molecule has 3 aromatic rings. The Morgan fingerprint density at radius 2 is 1.82 bits per heavy atom. The van der Waals surface area contributed by atoms with E-state index in [9.17, 15) is 18.0 Å². The summed E-state index contributed by atoms with van der Waals surface area (Å²) in [4.78, 5) is 23.7. The number of nitrogens with one attached hydrogen (secondary N) is 1. The molecule has 2 aromatic heterocycles. The molecule has 0 aliphatic heterocycles. The number of amides is 1. The van der Waals surface area contributed by atoms with E-state index in [1.165, 1.54) is 34.8 Å². The Balaban J connectivity index is 0.000000383. The molecule has 1 aliphatic rings. The third-order valence-corrected chi connectivity index (χ3v) is 5.63. The van der Waals surface area contributed by atoms with Crippen molar-refractivity contribution in [1.82, 2.24) is 19.4 Å². The third-order valence-electron chi connectivity index (χ3n) is 5.63. The van der Waals surface area contributed by atoms with Crippen molar-refractivity contribution in [2.45, 2.75) is 32.0 Å². The first-order valence-corrected chi connectivity index (χ1v) is 10.8. The molecule has 1 amide bonds. The number of carbonyl (C=O) groups excluding carboxylic acids is 1. The zero-order valence-corrected chi connectivity index (χ0v) is 18.9. The molecule has 0 atom stereocenters. The average molecular weight is 467 g/mol. The fourth-order valence-corrected chi connectivity index (χ4v) is 3.81. The zero-order valence-electron chi connectivity index (χ0n) is 18.9. The van der Waals surface area contributed by atoms with Crippen LogP contribution in [0.3, 0.4) is 0 Å². The van der Waals surface area contributed by atoms with Crippen molar-refractivity contribution in [3.8, 4) is 0 Å². The summed E-state index contributed by atoms with van der Waals surface area (Å²) in [5, 5.41) is 11.4. The number of para-hydroxylation sites is 1. The van der Waals surface area contributed by atoms with Crippen molar-refractivity contribution in [3.63, 3.8) is 0 Å². The molecule has 33 heavy (non-hydrogen) atoms. The molecule has 1 fully saturated rings. The van der Waals surface area contributed by atoms with Crippen LogP contribution in [0.15, 0.2) is 30.3 Å². The highest BCUT2D eigenvalue weighted by Gasteiger charge is 2.38. The number of halogens is 3. The Bertz CT molecular complexity index is 1140. The first-order valence-electron chi connectivity index (χ1n) is 10.8. The van der Waals surface area contributed by atoms with Gasteiger partial charge >= 0.3 is 12.1 Å². The highest BCUT2D eigenvalue weighted by Crippen LogP contribution is 2.36. The molecule has 0 bridgehead atoms. The van der Waals surface area contributed by atoms with Gasteiger partial charge < -0.3 is 24.5 Å². The Morgan fingerprint density at radius 1 is 1.18 bits per heavy atom. The molecule has 0 saturated heterocycles. The quantitative estimate of drug-likeness (QED) is 0.519. The monoisotopic (exact) mass is 466 g/mol. The smallest absolute Gasteiger partial charge is 0.475 e. The van der Waals surface area contributed by atoms with Gasteiger partial charge in [0.05, 0.1) is 16.6 Å². The van der Waals surface area contributed by atoms with Crippen LogP contribution in [0.5, 0.6) is 0 Å². The van der Waals surface area contributed by atoms with Gasteiger partial charge in [-0.05, 0) is 58.0 Å². The first-order chi connectivity index (χ1) is 15.5. The number of carboxylic acid groups (broad SMARTS) is 1. The number of aliphatic carboxylic acids is 1. The van der Waals surface area contributed by atoms with E-state index < -0.39 is 12.1 Å². The van der Waals surface area contributed by atoms with Crippen molar-refractivity contribution in [2.24, 2.45) is 13.0 Å².